The smallest absolute Gasteiger partial charge is 0.349 e. The summed E-state index contributed by atoms with van der Waals surface area (Å²) in [6.45, 7) is 2.30. The van der Waals surface area contributed by atoms with Gasteiger partial charge in [0.1, 0.15) is 17.6 Å². The van der Waals surface area contributed by atoms with Gasteiger partial charge in [0.05, 0.1) is 12.2 Å². The molecule has 3 aromatic rings. The number of aliphatic carboxylic acids is 1. The highest BCUT2D eigenvalue weighted by molar-refractivity contribution is 7.07. The normalized spacial score (nSPS) is 11.4. The quantitative estimate of drug-likeness (QED) is 0.597. The van der Waals surface area contributed by atoms with Crippen LogP contribution in [0.4, 0.5) is 0 Å². The molecule has 5 nitrogen and oxygen atoms in total. The van der Waals surface area contributed by atoms with Crippen LogP contribution in [0.1, 0.15) is 28.4 Å². The minimum absolute atomic E-state index is 0.186. The van der Waals surface area contributed by atoms with Crippen molar-refractivity contribution in [3.8, 4) is 17.6 Å². The Labute approximate surface area is 167 Å². The second-order valence-corrected chi connectivity index (χ2v) is 6.97. The number of carboxylic acids is 1. The third-order valence-corrected chi connectivity index (χ3v) is 4.99. The second kappa shape index (κ2) is 9.07. The maximum absolute atomic E-state index is 11.8. The van der Waals surface area contributed by atoms with Gasteiger partial charge in [-0.1, -0.05) is 24.3 Å². The van der Waals surface area contributed by atoms with Gasteiger partial charge in [0.25, 0.3) is 0 Å². The zero-order chi connectivity index (χ0) is 19.9. The fraction of sp³-hybridized carbons (Fsp3) is 0.182. The minimum atomic E-state index is -1.21. The molecule has 1 unspecified atom stereocenters. The van der Waals surface area contributed by atoms with Crippen molar-refractivity contribution in [2.75, 3.05) is 6.61 Å². The van der Waals surface area contributed by atoms with E-state index in [4.69, 9.17) is 9.47 Å². The Morgan fingerprint density at radius 2 is 2.07 bits per heavy atom. The number of carboxylic acid groups (broad SMARTS) is 1. The second-order valence-electron chi connectivity index (χ2n) is 6.19. The number of hydrogen-bond donors (Lipinski definition) is 1. The van der Waals surface area contributed by atoms with Crippen molar-refractivity contribution in [1.82, 2.24) is 0 Å². The summed E-state index contributed by atoms with van der Waals surface area (Å²) in [6.07, 6.45) is -0.449. The number of nitrogens with zero attached hydrogens (tertiary/aromatic N) is 1. The summed E-state index contributed by atoms with van der Waals surface area (Å²) in [5, 5.41) is 23.1. The lowest BCUT2D eigenvalue weighted by Crippen LogP contribution is -2.19. The van der Waals surface area contributed by atoms with E-state index >= 15 is 0 Å². The minimum Gasteiger partial charge on any atom is -0.493 e. The van der Waals surface area contributed by atoms with E-state index in [0.717, 1.165) is 12.0 Å². The topological polar surface area (TPSA) is 79.5 Å². The molecule has 0 amide bonds. The van der Waals surface area contributed by atoms with Gasteiger partial charge in [0.2, 0.25) is 6.10 Å². The van der Waals surface area contributed by atoms with E-state index in [1.807, 2.05) is 36.6 Å². The van der Waals surface area contributed by atoms with Crippen molar-refractivity contribution in [2.45, 2.75) is 19.4 Å². The van der Waals surface area contributed by atoms with Gasteiger partial charge in [0.15, 0.2) is 0 Å². The molecular formula is C22H19NO4S. The molecule has 1 heterocycles. The third-order valence-electron chi connectivity index (χ3n) is 4.25. The first-order valence-electron chi connectivity index (χ1n) is 8.71. The first-order valence-corrected chi connectivity index (χ1v) is 9.66. The lowest BCUT2D eigenvalue weighted by molar-refractivity contribution is -0.145. The van der Waals surface area contributed by atoms with E-state index in [0.29, 0.717) is 17.9 Å². The standard InChI is InChI=1S/C22H19NO4S/c1-15-4-2-3-5-19(15)21(22(24)25)27-20-12-18(7-6-17(20)13-23)26-10-8-16-9-11-28-14-16/h2-7,9,11-12,14,21H,8,10H2,1H3,(H,24,25). The van der Waals surface area contributed by atoms with Crippen molar-refractivity contribution < 1.29 is 19.4 Å². The summed E-state index contributed by atoms with van der Waals surface area (Å²) >= 11 is 1.63. The fourth-order valence-electron chi connectivity index (χ4n) is 2.76. The van der Waals surface area contributed by atoms with Crippen molar-refractivity contribution >= 4 is 17.3 Å². The molecule has 1 N–H and O–H groups in total. The van der Waals surface area contributed by atoms with Crippen LogP contribution in [0.3, 0.4) is 0 Å². The highest BCUT2D eigenvalue weighted by Gasteiger charge is 2.25. The zero-order valence-corrected chi connectivity index (χ0v) is 16.1. The largest absolute Gasteiger partial charge is 0.493 e. The molecule has 2 aromatic carbocycles. The highest BCUT2D eigenvalue weighted by atomic mass is 32.1. The number of rotatable bonds is 8. The van der Waals surface area contributed by atoms with E-state index in [1.165, 1.54) is 5.56 Å². The van der Waals surface area contributed by atoms with Gasteiger partial charge in [-0.05, 0) is 47.0 Å². The fourth-order valence-corrected chi connectivity index (χ4v) is 3.46. The molecule has 0 fully saturated rings. The molecule has 28 heavy (non-hydrogen) atoms. The van der Waals surface area contributed by atoms with E-state index < -0.39 is 12.1 Å². The molecule has 0 saturated heterocycles. The SMILES string of the molecule is Cc1ccccc1C(Oc1cc(OCCc2ccsc2)ccc1C#N)C(=O)O. The molecule has 0 saturated carbocycles. The Morgan fingerprint density at radius 1 is 1.25 bits per heavy atom. The van der Waals surface area contributed by atoms with Crippen LogP contribution in [0, 0.1) is 18.3 Å². The molecule has 6 heteroatoms. The first kappa shape index (κ1) is 19.5. The average molecular weight is 393 g/mol. The first-order chi connectivity index (χ1) is 13.6. The lowest BCUT2D eigenvalue weighted by atomic mass is 10.0. The molecule has 0 spiro atoms. The monoisotopic (exact) mass is 393 g/mol. The maximum atomic E-state index is 11.8. The molecule has 1 aromatic heterocycles. The van der Waals surface area contributed by atoms with Crippen molar-refractivity contribution in [1.29, 1.82) is 5.26 Å². The van der Waals surface area contributed by atoms with E-state index in [1.54, 1.807) is 41.7 Å². The zero-order valence-electron chi connectivity index (χ0n) is 15.3. The van der Waals surface area contributed by atoms with Gasteiger partial charge in [-0.3, -0.25) is 0 Å². The average Bonchev–Trinajstić information content (AvgIpc) is 3.20. The summed E-state index contributed by atoms with van der Waals surface area (Å²) in [4.78, 5) is 11.8. The summed E-state index contributed by atoms with van der Waals surface area (Å²) < 4.78 is 11.5. The Bertz CT molecular complexity index is 992. The molecule has 0 aliphatic heterocycles. The highest BCUT2D eigenvalue weighted by Crippen LogP contribution is 2.30. The van der Waals surface area contributed by atoms with Gasteiger partial charge in [0, 0.05) is 18.1 Å². The molecule has 1 atom stereocenters. The predicted molar refractivity (Wildman–Crippen MR) is 107 cm³/mol. The molecule has 0 radical (unpaired) electrons. The van der Waals surface area contributed by atoms with Gasteiger partial charge in [-0.2, -0.15) is 16.6 Å². The van der Waals surface area contributed by atoms with Crippen molar-refractivity contribution in [2.24, 2.45) is 0 Å². The van der Waals surface area contributed by atoms with Gasteiger partial charge >= 0.3 is 5.97 Å². The summed E-state index contributed by atoms with van der Waals surface area (Å²) in [6, 6.07) is 16.0. The van der Waals surface area contributed by atoms with E-state index in [2.05, 4.69) is 5.38 Å². The lowest BCUT2D eigenvalue weighted by Gasteiger charge is -2.18. The predicted octanol–water partition coefficient (Wildman–Crippen LogP) is 4.75. The Kier molecular flexibility index (Phi) is 6.30. The van der Waals surface area contributed by atoms with Crippen LogP contribution in [0.2, 0.25) is 0 Å². The van der Waals surface area contributed by atoms with Crippen LogP contribution in [0.15, 0.2) is 59.3 Å². The number of hydrogen-bond acceptors (Lipinski definition) is 5. The van der Waals surface area contributed by atoms with Crippen LogP contribution in [0.5, 0.6) is 11.5 Å². The Balaban J connectivity index is 1.80. The Hall–Kier alpha value is -3.30. The van der Waals surface area contributed by atoms with Gasteiger partial charge < -0.3 is 14.6 Å². The van der Waals surface area contributed by atoms with Gasteiger partial charge in [-0.15, -0.1) is 0 Å². The molecule has 3 rings (SSSR count). The third kappa shape index (κ3) is 4.70. The van der Waals surface area contributed by atoms with Crippen LogP contribution in [0.25, 0.3) is 0 Å². The molecular weight excluding hydrogens is 374 g/mol. The van der Waals surface area contributed by atoms with Crippen molar-refractivity contribution in [3.63, 3.8) is 0 Å². The molecule has 142 valence electrons. The number of aryl methyl sites for hydroxylation is 1. The summed E-state index contributed by atoms with van der Waals surface area (Å²) in [7, 11) is 0. The Morgan fingerprint density at radius 3 is 2.75 bits per heavy atom. The number of carbonyl (C=O) groups is 1. The van der Waals surface area contributed by atoms with Crippen LogP contribution >= 0.6 is 11.3 Å². The van der Waals surface area contributed by atoms with E-state index in [-0.39, 0.29) is 11.3 Å². The van der Waals surface area contributed by atoms with Crippen LogP contribution in [-0.4, -0.2) is 17.7 Å². The number of ether oxygens (including phenoxy) is 2. The van der Waals surface area contributed by atoms with Crippen LogP contribution in [-0.2, 0) is 11.2 Å². The maximum Gasteiger partial charge on any atom is 0.349 e. The number of benzene rings is 2. The van der Waals surface area contributed by atoms with Gasteiger partial charge in [-0.25, -0.2) is 4.79 Å². The molecule has 0 aliphatic rings. The molecule has 0 aliphatic carbocycles. The molecule has 0 bridgehead atoms. The van der Waals surface area contributed by atoms with Crippen LogP contribution < -0.4 is 9.47 Å². The van der Waals surface area contributed by atoms with Crippen molar-refractivity contribution in [3.05, 3.63) is 81.5 Å². The summed E-state index contributed by atoms with van der Waals surface area (Å²) in [5.41, 5.74) is 2.80. The number of nitriles is 1. The van der Waals surface area contributed by atoms with E-state index in [9.17, 15) is 15.2 Å². The number of thiophene rings is 1. The summed E-state index contributed by atoms with van der Waals surface area (Å²) in [5.74, 6) is -0.411.